The molecular formula is C19H21NO4. The Balaban J connectivity index is 3.11. The molecule has 1 rings (SSSR count). The third-order valence-corrected chi connectivity index (χ3v) is 3.13. The molecule has 1 aromatic rings. The van der Waals surface area contributed by atoms with Gasteiger partial charge in [0.05, 0.1) is 19.3 Å². The summed E-state index contributed by atoms with van der Waals surface area (Å²) in [4.78, 5) is 24.4. The molecule has 1 aromatic carbocycles. The molecule has 0 heterocycles. The number of carbonyl (C=O) groups excluding carboxylic acids is 2. The van der Waals surface area contributed by atoms with Gasteiger partial charge in [-0.05, 0) is 31.9 Å². The standard InChI is InChI=1S/C19H21NO4/c1-3-23-18(21)17(19(22)24-4-2)16-13-9-8-12-15(16)11-7-5-6-10-14-20/h8-9,12-13,17H,3-6,10H2,1-2H3. The third-order valence-electron chi connectivity index (χ3n) is 3.13. The van der Waals surface area contributed by atoms with E-state index in [-0.39, 0.29) is 13.2 Å². The zero-order chi connectivity index (χ0) is 17.8. The molecule has 0 fully saturated rings. The Labute approximate surface area is 142 Å². The van der Waals surface area contributed by atoms with Crippen molar-refractivity contribution in [3.63, 3.8) is 0 Å². The van der Waals surface area contributed by atoms with Gasteiger partial charge in [-0.2, -0.15) is 5.26 Å². The summed E-state index contributed by atoms with van der Waals surface area (Å²) in [7, 11) is 0. The van der Waals surface area contributed by atoms with E-state index < -0.39 is 17.9 Å². The van der Waals surface area contributed by atoms with Gasteiger partial charge < -0.3 is 9.47 Å². The van der Waals surface area contributed by atoms with E-state index in [0.717, 1.165) is 0 Å². The van der Waals surface area contributed by atoms with Gasteiger partial charge in [0.1, 0.15) is 0 Å². The average molecular weight is 327 g/mol. The first-order valence-corrected chi connectivity index (χ1v) is 7.93. The first kappa shape index (κ1) is 19.3. The minimum absolute atomic E-state index is 0.177. The van der Waals surface area contributed by atoms with Gasteiger partial charge in [-0.3, -0.25) is 9.59 Å². The number of hydrogen-bond donors (Lipinski definition) is 0. The van der Waals surface area contributed by atoms with E-state index in [0.29, 0.717) is 30.4 Å². The van der Waals surface area contributed by atoms with Crippen LogP contribution in [0.5, 0.6) is 0 Å². The molecule has 24 heavy (non-hydrogen) atoms. The SMILES string of the molecule is CCOC(=O)C(C(=O)OCC)c1ccccc1C#CCCCC#N. The summed E-state index contributed by atoms with van der Waals surface area (Å²) in [6.07, 6.45) is 1.71. The average Bonchev–Trinajstić information content (AvgIpc) is 2.56. The Morgan fingerprint density at radius 2 is 1.71 bits per heavy atom. The van der Waals surface area contributed by atoms with Crippen LogP contribution in [-0.2, 0) is 19.1 Å². The maximum atomic E-state index is 12.2. The normalized spacial score (nSPS) is 9.58. The molecule has 0 saturated heterocycles. The number of nitrogens with zero attached hydrogens (tertiary/aromatic N) is 1. The van der Waals surface area contributed by atoms with Crippen LogP contribution in [0.25, 0.3) is 0 Å². The number of unbranched alkanes of at least 4 members (excludes halogenated alkanes) is 2. The minimum atomic E-state index is -1.14. The highest BCUT2D eigenvalue weighted by atomic mass is 16.6. The molecule has 0 unspecified atom stereocenters. The van der Waals surface area contributed by atoms with Crippen molar-refractivity contribution in [1.82, 2.24) is 0 Å². The number of benzene rings is 1. The van der Waals surface area contributed by atoms with Crippen molar-refractivity contribution in [3.8, 4) is 17.9 Å². The number of hydrogen-bond acceptors (Lipinski definition) is 5. The van der Waals surface area contributed by atoms with Gasteiger partial charge in [0.15, 0.2) is 5.92 Å². The van der Waals surface area contributed by atoms with Crippen molar-refractivity contribution in [2.24, 2.45) is 0 Å². The van der Waals surface area contributed by atoms with Crippen LogP contribution >= 0.6 is 0 Å². The summed E-state index contributed by atoms with van der Waals surface area (Å²) < 4.78 is 10.0. The summed E-state index contributed by atoms with van der Waals surface area (Å²) >= 11 is 0. The summed E-state index contributed by atoms with van der Waals surface area (Å²) in [5.74, 6) is 3.51. The summed E-state index contributed by atoms with van der Waals surface area (Å²) in [6.45, 7) is 3.72. The lowest BCUT2D eigenvalue weighted by atomic mass is 9.94. The van der Waals surface area contributed by atoms with Crippen molar-refractivity contribution >= 4 is 11.9 Å². The van der Waals surface area contributed by atoms with Gasteiger partial charge in [-0.25, -0.2) is 0 Å². The lowest BCUT2D eigenvalue weighted by Crippen LogP contribution is -2.26. The van der Waals surface area contributed by atoms with Crippen LogP contribution in [0.3, 0.4) is 0 Å². The Morgan fingerprint density at radius 3 is 2.29 bits per heavy atom. The molecule has 0 aromatic heterocycles. The fraction of sp³-hybridized carbons (Fsp3) is 0.421. The van der Waals surface area contributed by atoms with Gasteiger partial charge in [-0.1, -0.05) is 30.0 Å². The number of carbonyl (C=O) groups is 2. The lowest BCUT2D eigenvalue weighted by Gasteiger charge is -2.16. The Hall–Kier alpha value is -2.79. The highest BCUT2D eigenvalue weighted by Crippen LogP contribution is 2.23. The van der Waals surface area contributed by atoms with Crippen molar-refractivity contribution in [2.75, 3.05) is 13.2 Å². The zero-order valence-corrected chi connectivity index (χ0v) is 14.0. The fourth-order valence-electron chi connectivity index (χ4n) is 2.08. The molecule has 0 aliphatic rings. The summed E-state index contributed by atoms with van der Waals surface area (Å²) in [6, 6.07) is 9.02. The Kier molecular flexibility index (Phi) is 8.71. The van der Waals surface area contributed by atoms with Crippen molar-refractivity contribution < 1.29 is 19.1 Å². The highest BCUT2D eigenvalue weighted by Gasteiger charge is 2.32. The van der Waals surface area contributed by atoms with Crippen molar-refractivity contribution in [1.29, 1.82) is 5.26 Å². The van der Waals surface area contributed by atoms with Crippen LogP contribution in [0.2, 0.25) is 0 Å². The number of esters is 2. The van der Waals surface area contributed by atoms with E-state index in [9.17, 15) is 9.59 Å². The maximum Gasteiger partial charge on any atom is 0.324 e. The first-order chi connectivity index (χ1) is 11.7. The molecular weight excluding hydrogens is 306 g/mol. The lowest BCUT2D eigenvalue weighted by molar-refractivity contribution is -0.156. The molecule has 0 bridgehead atoms. The molecule has 0 atom stereocenters. The van der Waals surface area contributed by atoms with Crippen molar-refractivity contribution in [3.05, 3.63) is 35.4 Å². The van der Waals surface area contributed by atoms with E-state index in [1.165, 1.54) is 0 Å². The Bertz CT molecular complexity index is 646. The molecule has 0 spiro atoms. The molecule has 0 aliphatic heterocycles. The van der Waals surface area contributed by atoms with Gasteiger partial charge in [0.2, 0.25) is 0 Å². The molecule has 126 valence electrons. The van der Waals surface area contributed by atoms with Gasteiger partial charge >= 0.3 is 11.9 Å². The number of nitriles is 1. The van der Waals surface area contributed by atoms with Gasteiger partial charge in [0.25, 0.3) is 0 Å². The van der Waals surface area contributed by atoms with Crippen LogP contribution in [0.4, 0.5) is 0 Å². The quantitative estimate of drug-likeness (QED) is 0.333. The monoisotopic (exact) mass is 327 g/mol. The maximum absolute atomic E-state index is 12.2. The topological polar surface area (TPSA) is 76.4 Å². The fourth-order valence-corrected chi connectivity index (χ4v) is 2.08. The summed E-state index contributed by atoms with van der Waals surface area (Å²) in [5, 5.41) is 8.52. The van der Waals surface area contributed by atoms with Gasteiger partial charge in [0, 0.05) is 18.4 Å². The van der Waals surface area contributed by atoms with E-state index >= 15 is 0 Å². The molecule has 5 nitrogen and oxygen atoms in total. The van der Waals surface area contributed by atoms with E-state index in [1.807, 2.05) is 0 Å². The predicted molar refractivity (Wildman–Crippen MR) is 88.8 cm³/mol. The molecule has 0 saturated carbocycles. The van der Waals surface area contributed by atoms with Crippen LogP contribution in [0, 0.1) is 23.2 Å². The Morgan fingerprint density at radius 1 is 1.08 bits per heavy atom. The molecule has 5 heteroatoms. The van der Waals surface area contributed by atoms with E-state index in [2.05, 4.69) is 17.9 Å². The van der Waals surface area contributed by atoms with Crippen LogP contribution in [-0.4, -0.2) is 25.2 Å². The van der Waals surface area contributed by atoms with Crippen LogP contribution in [0.1, 0.15) is 50.2 Å². The second-order valence-corrected chi connectivity index (χ2v) is 4.84. The molecule has 0 amide bonds. The van der Waals surface area contributed by atoms with E-state index in [4.69, 9.17) is 14.7 Å². The zero-order valence-electron chi connectivity index (χ0n) is 14.0. The smallest absolute Gasteiger partial charge is 0.324 e. The number of ether oxygens (including phenoxy) is 2. The second kappa shape index (κ2) is 10.9. The second-order valence-electron chi connectivity index (χ2n) is 4.84. The minimum Gasteiger partial charge on any atom is -0.465 e. The summed E-state index contributed by atoms with van der Waals surface area (Å²) in [5.41, 5.74) is 1.06. The molecule has 0 N–H and O–H groups in total. The molecule has 0 aliphatic carbocycles. The first-order valence-electron chi connectivity index (χ1n) is 7.93. The van der Waals surface area contributed by atoms with Crippen molar-refractivity contribution in [2.45, 2.75) is 39.0 Å². The van der Waals surface area contributed by atoms with Gasteiger partial charge in [-0.15, -0.1) is 0 Å². The molecule has 0 radical (unpaired) electrons. The predicted octanol–water partition coefficient (Wildman–Crippen LogP) is 2.94. The van der Waals surface area contributed by atoms with E-state index in [1.54, 1.807) is 38.1 Å². The largest absolute Gasteiger partial charge is 0.465 e. The number of rotatable bonds is 7. The van der Waals surface area contributed by atoms with Crippen LogP contribution < -0.4 is 0 Å². The highest BCUT2D eigenvalue weighted by molar-refractivity contribution is 6.01. The third kappa shape index (κ3) is 5.78. The van der Waals surface area contributed by atoms with Crippen LogP contribution in [0.15, 0.2) is 24.3 Å².